The van der Waals surface area contributed by atoms with E-state index in [1.54, 1.807) is 12.1 Å². The van der Waals surface area contributed by atoms with Crippen molar-refractivity contribution in [1.29, 1.82) is 5.26 Å². The molecule has 0 bridgehead atoms. The van der Waals surface area contributed by atoms with E-state index in [-0.39, 0.29) is 11.2 Å². The third-order valence-electron chi connectivity index (χ3n) is 2.07. The molecule has 0 fully saturated rings. The number of hydrogen-bond donors (Lipinski definition) is 1. The lowest BCUT2D eigenvalue weighted by Crippen LogP contribution is -2.25. The number of nitrogen functional groups attached to an aromatic ring is 1. The zero-order valence-electron chi connectivity index (χ0n) is 12.5. The SMILES string of the molecule is CC(C)(C)Oc1cc(C#N)cc(OC(C)(C)C)c1N. The summed E-state index contributed by atoms with van der Waals surface area (Å²) in [7, 11) is 0. The molecule has 0 aromatic heterocycles. The van der Waals surface area contributed by atoms with Gasteiger partial charge in [-0.25, -0.2) is 0 Å². The number of anilines is 1. The third kappa shape index (κ3) is 4.70. The molecular formula is C15H22N2O2. The summed E-state index contributed by atoms with van der Waals surface area (Å²) in [5.74, 6) is 0.955. The van der Waals surface area contributed by atoms with Crippen LogP contribution in [-0.4, -0.2) is 11.2 Å². The smallest absolute Gasteiger partial charge is 0.148 e. The molecule has 1 rings (SSSR count). The van der Waals surface area contributed by atoms with Gasteiger partial charge in [-0.1, -0.05) is 0 Å². The van der Waals surface area contributed by atoms with Crippen molar-refractivity contribution < 1.29 is 9.47 Å². The number of nitrogens with zero attached hydrogens (tertiary/aromatic N) is 1. The van der Waals surface area contributed by atoms with Gasteiger partial charge in [-0.15, -0.1) is 0 Å². The lowest BCUT2D eigenvalue weighted by molar-refractivity contribution is 0.123. The zero-order chi connectivity index (χ0) is 14.8. The average Bonchev–Trinajstić information content (AvgIpc) is 2.19. The minimum atomic E-state index is -0.388. The minimum absolute atomic E-state index is 0.388. The predicted octanol–water partition coefficient (Wildman–Crippen LogP) is 3.50. The summed E-state index contributed by atoms with van der Waals surface area (Å²) in [5.41, 5.74) is 6.17. The van der Waals surface area contributed by atoms with Crippen molar-refractivity contribution in [3.8, 4) is 17.6 Å². The summed E-state index contributed by atoms with van der Waals surface area (Å²) in [6.45, 7) is 11.6. The van der Waals surface area contributed by atoms with Gasteiger partial charge in [-0.05, 0) is 41.5 Å². The Kier molecular flexibility index (Phi) is 4.00. The van der Waals surface area contributed by atoms with E-state index in [2.05, 4.69) is 6.07 Å². The maximum absolute atomic E-state index is 9.07. The Bertz CT molecular complexity index is 465. The normalized spacial score (nSPS) is 11.8. The molecule has 0 unspecified atom stereocenters. The Hall–Kier alpha value is -1.89. The molecule has 4 heteroatoms. The molecule has 0 aliphatic carbocycles. The topological polar surface area (TPSA) is 68.3 Å². The Morgan fingerprint density at radius 3 is 1.58 bits per heavy atom. The highest BCUT2D eigenvalue weighted by atomic mass is 16.5. The molecule has 0 heterocycles. The number of nitriles is 1. The van der Waals surface area contributed by atoms with Crippen molar-refractivity contribution in [1.82, 2.24) is 0 Å². The first kappa shape index (κ1) is 15.2. The number of rotatable bonds is 2. The van der Waals surface area contributed by atoms with E-state index in [4.69, 9.17) is 20.5 Å². The Morgan fingerprint density at radius 2 is 1.32 bits per heavy atom. The lowest BCUT2D eigenvalue weighted by atomic mass is 10.1. The Morgan fingerprint density at radius 1 is 0.947 bits per heavy atom. The fourth-order valence-electron chi connectivity index (χ4n) is 1.49. The Balaban J connectivity index is 3.26. The summed E-state index contributed by atoms with van der Waals surface area (Å²) in [6.07, 6.45) is 0. The van der Waals surface area contributed by atoms with Crippen LogP contribution in [0.1, 0.15) is 47.1 Å². The lowest BCUT2D eigenvalue weighted by Gasteiger charge is -2.26. The molecule has 0 aliphatic heterocycles. The molecule has 19 heavy (non-hydrogen) atoms. The van der Waals surface area contributed by atoms with Gasteiger partial charge in [0.15, 0.2) is 0 Å². The highest BCUT2D eigenvalue weighted by molar-refractivity contribution is 5.66. The van der Waals surface area contributed by atoms with E-state index in [0.717, 1.165) is 0 Å². The van der Waals surface area contributed by atoms with Crippen molar-refractivity contribution in [3.63, 3.8) is 0 Å². The quantitative estimate of drug-likeness (QED) is 0.828. The van der Waals surface area contributed by atoms with Gasteiger partial charge in [-0.3, -0.25) is 0 Å². The van der Waals surface area contributed by atoms with E-state index >= 15 is 0 Å². The zero-order valence-corrected chi connectivity index (χ0v) is 12.5. The van der Waals surface area contributed by atoms with Crippen molar-refractivity contribution in [2.24, 2.45) is 0 Å². The van der Waals surface area contributed by atoms with Gasteiger partial charge in [0.05, 0.1) is 11.6 Å². The van der Waals surface area contributed by atoms with Gasteiger partial charge in [0.25, 0.3) is 0 Å². The molecule has 1 aromatic rings. The summed E-state index contributed by atoms with van der Waals surface area (Å²) in [5, 5.41) is 9.07. The van der Waals surface area contributed by atoms with Crippen LogP contribution in [0.4, 0.5) is 5.69 Å². The van der Waals surface area contributed by atoms with E-state index in [0.29, 0.717) is 22.7 Å². The maximum atomic E-state index is 9.07. The van der Waals surface area contributed by atoms with Gasteiger partial charge in [-0.2, -0.15) is 5.26 Å². The Labute approximate surface area is 115 Å². The first-order valence-electron chi connectivity index (χ1n) is 6.23. The van der Waals surface area contributed by atoms with Crippen molar-refractivity contribution >= 4 is 5.69 Å². The maximum Gasteiger partial charge on any atom is 0.148 e. The molecule has 2 N–H and O–H groups in total. The fraction of sp³-hybridized carbons (Fsp3) is 0.533. The van der Waals surface area contributed by atoms with Crippen LogP contribution in [0.5, 0.6) is 11.5 Å². The molecule has 0 saturated heterocycles. The second-order valence-electron chi connectivity index (χ2n) is 6.43. The van der Waals surface area contributed by atoms with E-state index in [1.165, 1.54) is 0 Å². The van der Waals surface area contributed by atoms with Gasteiger partial charge >= 0.3 is 0 Å². The molecule has 0 spiro atoms. The largest absolute Gasteiger partial charge is 0.486 e. The second kappa shape index (κ2) is 5.00. The number of hydrogen-bond acceptors (Lipinski definition) is 4. The fourth-order valence-corrected chi connectivity index (χ4v) is 1.49. The third-order valence-corrected chi connectivity index (χ3v) is 2.07. The summed E-state index contributed by atoms with van der Waals surface area (Å²) < 4.78 is 11.5. The molecule has 104 valence electrons. The van der Waals surface area contributed by atoms with Gasteiger partial charge in [0.1, 0.15) is 28.4 Å². The van der Waals surface area contributed by atoms with Crippen LogP contribution in [0, 0.1) is 11.3 Å². The average molecular weight is 262 g/mol. The molecule has 0 amide bonds. The van der Waals surface area contributed by atoms with Crippen LogP contribution in [0.2, 0.25) is 0 Å². The van der Waals surface area contributed by atoms with Crippen LogP contribution in [0.3, 0.4) is 0 Å². The molecule has 4 nitrogen and oxygen atoms in total. The molecule has 0 atom stereocenters. The van der Waals surface area contributed by atoms with Crippen LogP contribution in [-0.2, 0) is 0 Å². The first-order valence-corrected chi connectivity index (χ1v) is 6.23. The van der Waals surface area contributed by atoms with Gasteiger partial charge in [0, 0.05) is 12.1 Å². The van der Waals surface area contributed by atoms with E-state index < -0.39 is 0 Å². The van der Waals surface area contributed by atoms with E-state index in [1.807, 2.05) is 41.5 Å². The second-order valence-corrected chi connectivity index (χ2v) is 6.43. The van der Waals surface area contributed by atoms with Crippen LogP contribution in [0.25, 0.3) is 0 Å². The van der Waals surface area contributed by atoms with Crippen molar-refractivity contribution in [3.05, 3.63) is 17.7 Å². The van der Waals surface area contributed by atoms with Crippen LogP contribution in [0.15, 0.2) is 12.1 Å². The monoisotopic (exact) mass is 262 g/mol. The van der Waals surface area contributed by atoms with Crippen molar-refractivity contribution in [2.75, 3.05) is 5.73 Å². The highest BCUT2D eigenvalue weighted by Gasteiger charge is 2.20. The first-order chi connectivity index (χ1) is 8.52. The highest BCUT2D eigenvalue weighted by Crippen LogP contribution is 2.37. The number of nitrogens with two attached hydrogens (primary N) is 1. The van der Waals surface area contributed by atoms with E-state index in [9.17, 15) is 0 Å². The molecular weight excluding hydrogens is 240 g/mol. The summed E-state index contributed by atoms with van der Waals surface area (Å²) in [6, 6.07) is 5.36. The molecule has 0 radical (unpaired) electrons. The summed E-state index contributed by atoms with van der Waals surface area (Å²) in [4.78, 5) is 0. The predicted molar refractivity (Wildman–Crippen MR) is 76.3 cm³/mol. The molecule has 1 aromatic carbocycles. The number of benzene rings is 1. The molecule has 0 aliphatic rings. The number of ether oxygens (including phenoxy) is 2. The standard InChI is InChI=1S/C15H22N2O2/c1-14(2,3)18-11-7-10(9-16)8-12(13(11)17)19-15(4,5)6/h7-8H,17H2,1-6H3. The van der Waals surface area contributed by atoms with Crippen molar-refractivity contribution in [2.45, 2.75) is 52.7 Å². The summed E-state index contributed by atoms with van der Waals surface area (Å²) >= 11 is 0. The molecule has 0 saturated carbocycles. The van der Waals surface area contributed by atoms with Gasteiger partial charge < -0.3 is 15.2 Å². The van der Waals surface area contributed by atoms with Crippen LogP contribution < -0.4 is 15.2 Å². The van der Waals surface area contributed by atoms with Crippen LogP contribution >= 0.6 is 0 Å². The van der Waals surface area contributed by atoms with Gasteiger partial charge in [0.2, 0.25) is 0 Å². The minimum Gasteiger partial charge on any atom is -0.486 e.